The van der Waals surface area contributed by atoms with Crippen LogP contribution >= 0.6 is 0 Å². The van der Waals surface area contributed by atoms with E-state index in [9.17, 15) is 8.42 Å². The summed E-state index contributed by atoms with van der Waals surface area (Å²) in [5.74, 6) is 0. The number of benzene rings is 3. The van der Waals surface area contributed by atoms with Crippen LogP contribution in [0.5, 0.6) is 0 Å². The third-order valence-corrected chi connectivity index (χ3v) is 4.94. The molecule has 0 fully saturated rings. The number of aryl methyl sites for hydroxylation is 1. The molecule has 0 saturated heterocycles. The minimum Gasteiger partial charge on any atom is -0.354 e. The van der Waals surface area contributed by atoms with Crippen molar-refractivity contribution in [2.24, 2.45) is 0 Å². The van der Waals surface area contributed by atoms with Gasteiger partial charge in [-0.1, -0.05) is 48.0 Å². The molecule has 4 nitrogen and oxygen atoms in total. The number of rotatable bonds is 5. The summed E-state index contributed by atoms with van der Waals surface area (Å²) in [5, 5.41) is 3.25. The molecule has 2 N–H and O–H groups in total. The summed E-state index contributed by atoms with van der Waals surface area (Å²) in [6.45, 7) is 2.02. The van der Waals surface area contributed by atoms with Crippen molar-refractivity contribution in [1.82, 2.24) is 0 Å². The van der Waals surface area contributed by atoms with Gasteiger partial charge < -0.3 is 5.32 Å². The van der Waals surface area contributed by atoms with Crippen LogP contribution in [0.1, 0.15) is 5.56 Å². The largest absolute Gasteiger partial charge is 0.354 e. The van der Waals surface area contributed by atoms with E-state index >= 15 is 0 Å². The van der Waals surface area contributed by atoms with Crippen LogP contribution in [-0.2, 0) is 10.0 Å². The van der Waals surface area contributed by atoms with E-state index in [0.717, 1.165) is 5.69 Å². The van der Waals surface area contributed by atoms with E-state index < -0.39 is 10.0 Å². The Morgan fingerprint density at radius 1 is 0.708 bits per heavy atom. The Kier molecular flexibility index (Phi) is 4.53. The van der Waals surface area contributed by atoms with E-state index in [-0.39, 0.29) is 4.90 Å². The first-order valence-corrected chi connectivity index (χ1v) is 9.03. The number of hydrogen-bond donors (Lipinski definition) is 2. The molecule has 0 bridgehead atoms. The van der Waals surface area contributed by atoms with Gasteiger partial charge in [-0.2, -0.15) is 0 Å². The predicted molar refractivity (Wildman–Crippen MR) is 98.2 cm³/mol. The monoisotopic (exact) mass is 338 g/mol. The second kappa shape index (κ2) is 6.76. The van der Waals surface area contributed by atoms with Gasteiger partial charge in [0.15, 0.2) is 0 Å². The Balaban J connectivity index is 1.88. The van der Waals surface area contributed by atoms with Gasteiger partial charge in [0.2, 0.25) is 0 Å². The van der Waals surface area contributed by atoms with Crippen molar-refractivity contribution in [1.29, 1.82) is 0 Å². The first kappa shape index (κ1) is 16.1. The summed E-state index contributed by atoms with van der Waals surface area (Å²) in [7, 11) is -3.62. The first-order chi connectivity index (χ1) is 11.5. The molecule has 122 valence electrons. The van der Waals surface area contributed by atoms with Crippen LogP contribution in [0.3, 0.4) is 0 Å². The van der Waals surface area contributed by atoms with Crippen LogP contribution < -0.4 is 10.0 Å². The van der Waals surface area contributed by atoms with E-state index in [0.29, 0.717) is 11.4 Å². The quantitative estimate of drug-likeness (QED) is 0.718. The number of anilines is 3. The van der Waals surface area contributed by atoms with Gasteiger partial charge in [-0.3, -0.25) is 4.72 Å². The Bertz CT molecular complexity index is 921. The highest BCUT2D eigenvalue weighted by Gasteiger charge is 2.15. The van der Waals surface area contributed by atoms with Crippen LogP contribution in [0.25, 0.3) is 0 Å². The minimum atomic E-state index is -3.62. The highest BCUT2D eigenvalue weighted by Crippen LogP contribution is 2.27. The first-order valence-electron chi connectivity index (χ1n) is 7.55. The van der Waals surface area contributed by atoms with Crippen LogP contribution in [-0.4, -0.2) is 8.42 Å². The molecule has 0 spiro atoms. The van der Waals surface area contributed by atoms with Crippen molar-refractivity contribution >= 4 is 27.1 Å². The second-order valence-electron chi connectivity index (χ2n) is 5.46. The van der Waals surface area contributed by atoms with Gasteiger partial charge in [0.1, 0.15) is 0 Å². The molecule has 0 aromatic heterocycles. The molecule has 0 aliphatic heterocycles. The normalized spacial score (nSPS) is 11.0. The zero-order chi connectivity index (χ0) is 17.0. The molecule has 3 aromatic carbocycles. The highest BCUT2D eigenvalue weighted by atomic mass is 32.2. The minimum absolute atomic E-state index is 0.232. The molecule has 0 amide bonds. The lowest BCUT2D eigenvalue weighted by molar-refractivity contribution is 0.601. The van der Waals surface area contributed by atoms with E-state index in [2.05, 4.69) is 10.0 Å². The van der Waals surface area contributed by atoms with E-state index in [4.69, 9.17) is 0 Å². The van der Waals surface area contributed by atoms with E-state index in [1.165, 1.54) is 5.56 Å². The van der Waals surface area contributed by atoms with Crippen molar-refractivity contribution < 1.29 is 8.42 Å². The van der Waals surface area contributed by atoms with Crippen molar-refractivity contribution in [3.05, 3.63) is 84.4 Å². The van der Waals surface area contributed by atoms with Gasteiger partial charge in [0.25, 0.3) is 10.0 Å². The van der Waals surface area contributed by atoms with Crippen LogP contribution in [0.2, 0.25) is 0 Å². The fourth-order valence-corrected chi connectivity index (χ4v) is 3.38. The molecule has 0 unspecified atom stereocenters. The maximum atomic E-state index is 12.5. The average molecular weight is 338 g/mol. The van der Waals surface area contributed by atoms with Crippen LogP contribution in [0.4, 0.5) is 17.1 Å². The molecule has 5 heteroatoms. The molecule has 0 atom stereocenters. The molecule has 0 heterocycles. The lowest BCUT2D eigenvalue weighted by Gasteiger charge is -2.14. The number of hydrogen-bond acceptors (Lipinski definition) is 3. The average Bonchev–Trinajstić information content (AvgIpc) is 2.59. The van der Waals surface area contributed by atoms with Gasteiger partial charge in [-0.15, -0.1) is 0 Å². The summed E-state index contributed by atoms with van der Waals surface area (Å²) in [4.78, 5) is 0.232. The maximum absolute atomic E-state index is 12.5. The lowest BCUT2D eigenvalue weighted by Crippen LogP contribution is -2.13. The van der Waals surface area contributed by atoms with Gasteiger partial charge in [-0.25, -0.2) is 8.42 Å². The highest BCUT2D eigenvalue weighted by molar-refractivity contribution is 7.92. The summed E-state index contributed by atoms with van der Waals surface area (Å²) >= 11 is 0. The third-order valence-electron chi connectivity index (χ3n) is 3.56. The van der Waals surface area contributed by atoms with Crippen molar-refractivity contribution in [2.45, 2.75) is 11.8 Å². The molecule has 0 aliphatic carbocycles. The number of nitrogens with one attached hydrogen (secondary N) is 2. The Morgan fingerprint density at radius 3 is 1.96 bits per heavy atom. The van der Waals surface area contributed by atoms with E-state index in [1.807, 2.05) is 43.3 Å². The lowest BCUT2D eigenvalue weighted by atomic mass is 10.2. The summed E-state index contributed by atoms with van der Waals surface area (Å²) in [6.07, 6.45) is 0. The molecular formula is C19H18N2O2S. The Morgan fingerprint density at radius 2 is 1.29 bits per heavy atom. The molecule has 3 aromatic rings. The maximum Gasteiger partial charge on any atom is 0.261 e. The smallest absolute Gasteiger partial charge is 0.261 e. The molecule has 24 heavy (non-hydrogen) atoms. The summed E-state index contributed by atoms with van der Waals surface area (Å²) in [5.41, 5.74) is 3.26. The van der Waals surface area contributed by atoms with Crippen molar-refractivity contribution in [3.63, 3.8) is 0 Å². The third kappa shape index (κ3) is 3.75. The number of para-hydroxylation sites is 2. The van der Waals surface area contributed by atoms with Gasteiger partial charge in [0, 0.05) is 5.69 Å². The molecule has 3 rings (SSSR count). The summed E-state index contributed by atoms with van der Waals surface area (Å²) in [6, 6.07) is 23.5. The topological polar surface area (TPSA) is 58.2 Å². The second-order valence-corrected chi connectivity index (χ2v) is 7.14. The van der Waals surface area contributed by atoms with Gasteiger partial charge >= 0.3 is 0 Å². The SMILES string of the molecule is Cc1ccc(Nc2ccccc2NS(=O)(=O)c2ccccc2)cc1. The van der Waals surface area contributed by atoms with Crippen molar-refractivity contribution in [2.75, 3.05) is 10.0 Å². The molecule has 0 aliphatic rings. The molecular weight excluding hydrogens is 320 g/mol. The fraction of sp³-hybridized carbons (Fsp3) is 0.0526. The Labute approximate surface area is 142 Å². The molecule has 0 radical (unpaired) electrons. The zero-order valence-corrected chi connectivity index (χ0v) is 14.0. The van der Waals surface area contributed by atoms with E-state index in [1.54, 1.807) is 42.5 Å². The van der Waals surface area contributed by atoms with Crippen molar-refractivity contribution in [3.8, 4) is 0 Å². The fourth-order valence-electron chi connectivity index (χ4n) is 2.28. The van der Waals surface area contributed by atoms with Gasteiger partial charge in [0.05, 0.1) is 16.3 Å². The number of sulfonamides is 1. The van der Waals surface area contributed by atoms with Gasteiger partial charge in [-0.05, 0) is 43.3 Å². The van der Waals surface area contributed by atoms with Crippen LogP contribution in [0.15, 0.2) is 83.8 Å². The predicted octanol–water partition coefficient (Wildman–Crippen LogP) is 4.54. The molecule has 0 saturated carbocycles. The zero-order valence-electron chi connectivity index (χ0n) is 13.2. The van der Waals surface area contributed by atoms with Crippen LogP contribution in [0, 0.1) is 6.92 Å². The Hall–Kier alpha value is -2.79. The standard InChI is InChI=1S/C19H18N2O2S/c1-15-11-13-16(14-12-15)20-18-9-5-6-10-19(18)21-24(22,23)17-7-3-2-4-8-17/h2-14,20-21H,1H3. The summed E-state index contributed by atoms with van der Waals surface area (Å²) < 4.78 is 27.7.